The van der Waals surface area contributed by atoms with E-state index in [1.807, 2.05) is 12.1 Å². The van der Waals surface area contributed by atoms with Gasteiger partial charge in [-0.15, -0.1) is 0 Å². The number of furan rings is 1. The molecule has 10 rings (SSSR count). The molecule has 0 amide bonds. The fourth-order valence-corrected chi connectivity index (χ4v) is 7.46. The van der Waals surface area contributed by atoms with E-state index in [0.29, 0.717) is 0 Å². The monoisotopic (exact) mass is 612 g/mol. The summed E-state index contributed by atoms with van der Waals surface area (Å²) in [4.78, 5) is 7.73. The molecule has 7 aromatic carbocycles. The Bertz CT molecular complexity index is 2600. The summed E-state index contributed by atoms with van der Waals surface area (Å²) in [5.74, 6) is 0. The van der Waals surface area contributed by atoms with Gasteiger partial charge in [0.05, 0.1) is 28.1 Å². The van der Waals surface area contributed by atoms with Gasteiger partial charge in [0, 0.05) is 33.2 Å². The molecule has 2 aromatic heterocycles. The molecule has 0 aliphatic carbocycles. The van der Waals surface area contributed by atoms with E-state index in [2.05, 4.69) is 163 Å². The minimum Gasteiger partial charge on any atom is -0.456 e. The third kappa shape index (κ3) is 4.04. The highest BCUT2D eigenvalue weighted by Gasteiger charge is 2.30. The molecule has 224 valence electrons. The number of hydrogen-bond donors (Lipinski definition) is 0. The quantitative estimate of drug-likeness (QED) is 0.198. The molecule has 9 aromatic rings. The van der Waals surface area contributed by atoms with Gasteiger partial charge < -0.3 is 9.32 Å². The van der Waals surface area contributed by atoms with Crippen LogP contribution in [0.25, 0.3) is 77.5 Å². The van der Waals surface area contributed by atoms with Gasteiger partial charge in [0.25, 0.3) is 0 Å². The average molecular weight is 613 g/mol. The Labute approximate surface area is 278 Å². The second-order valence-corrected chi connectivity index (χ2v) is 12.3. The smallest absolute Gasteiger partial charge is 0.137 e. The molecule has 0 unspecified atom stereocenters. The van der Waals surface area contributed by atoms with Crippen molar-refractivity contribution in [1.82, 2.24) is 4.98 Å². The third-order valence-electron chi connectivity index (χ3n) is 9.58. The van der Waals surface area contributed by atoms with Crippen LogP contribution < -0.4 is 4.90 Å². The van der Waals surface area contributed by atoms with Gasteiger partial charge in [-0.1, -0.05) is 121 Å². The van der Waals surface area contributed by atoms with E-state index >= 15 is 0 Å². The Hall–Kier alpha value is -6.45. The van der Waals surface area contributed by atoms with Crippen LogP contribution in [0.5, 0.6) is 0 Å². The number of rotatable bonds is 4. The highest BCUT2D eigenvalue weighted by molar-refractivity contribution is 6.24. The molecule has 0 saturated carbocycles. The van der Waals surface area contributed by atoms with Crippen LogP contribution in [0.2, 0.25) is 0 Å². The van der Waals surface area contributed by atoms with E-state index in [1.165, 1.54) is 27.5 Å². The molecular formula is C45H28N2O. The van der Waals surface area contributed by atoms with Crippen molar-refractivity contribution >= 4 is 49.8 Å². The average Bonchev–Trinajstić information content (AvgIpc) is 3.55. The molecule has 0 bridgehead atoms. The lowest BCUT2D eigenvalue weighted by molar-refractivity contribution is 0.669. The fourth-order valence-electron chi connectivity index (χ4n) is 7.46. The van der Waals surface area contributed by atoms with Crippen LogP contribution in [0.1, 0.15) is 0 Å². The predicted octanol–water partition coefficient (Wildman–Crippen LogP) is 12.6. The highest BCUT2D eigenvalue weighted by Crippen LogP contribution is 2.55. The lowest BCUT2D eigenvalue weighted by atomic mass is 9.86. The number of aromatic nitrogens is 1. The van der Waals surface area contributed by atoms with Gasteiger partial charge in [0.2, 0.25) is 0 Å². The molecule has 0 fully saturated rings. The van der Waals surface area contributed by atoms with Gasteiger partial charge in [0.15, 0.2) is 0 Å². The molecule has 1 aliphatic rings. The van der Waals surface area contributed by atoms with E-state index in [0.717, 1.165) is 67.1 Å². The second kappa shape index (κ2) is 10.5. The zero-order valence-corrected chi connectivity index (χ0v) is 26.0. The number of nitrogens with zero attached hydrogens (tertiary/aromatic N) is 2. The van der Waals surface area contributed by atoms with E-state index in [-0.39, 0.29) is 0 Å². The standard InChI is InChI=1S/C45H28N2O/c1-4-13-29(14-5-1)31-27-38(30-15-6-2-7-16-30)46-39(28-31)33-23-24-35-36-25-26-42-44(37-19-10-11-22-41(37)48-42)45(36)47(32-17-8-3-9-18-32)40-21-12-20-34(33)43(35)40/h1-28H. The summed E-state index contributed by atoms with van der Waals surface area (Å²) in [5.41, 5.74) is 14.0. The van der Waals surface area contributed by atoms with Crippen molar-refractivity contribution in [1.29, 1.82) is 0 Å². The molecule has 0 radical (unpaired) electrons. The number of fused-ring (bicyclic) bond motifs is 6. The maximum Gasteiger partial charge on any atom is 0.137 e. The number of anilines is 3. The van der Waals surface area contributed by atoms with Gasteiger partial charge in [-0.2, -0.15) is 0 Å². The van der Waals surface area contributed by atoms with Crippen LogP contribution in [-0.4, -0.2) is 4.98 Å². The molecule has 0 spiro atoms. The lowest BCUT2D eigenvalue weighted by Crippen LogP contribution is -2.15. The first-order chi connectivity index (χ1) is 23.8. The highest BCUT2D eigenvalue weighted by atomic mass is 16.3. The first-order valence-corrected chi connectivity index (χ1v) is 16.3. The van der Waals surface area contributed by atoms with E-state index in [4.69, 9.17) is 9.40 Å². The summed E-state index contributed by atoms with van der Waals surface area (Å²) in [6, 6.07) is 60.1. The number of pyridine rings is 1. The van der Waals surface area contributed by atoms with Gasteiger partial charge in [-0.3, -0.25) is 0 Å². The number of hydrogen-bond acceptors (Lipinski definition) is 3. The van der Waals surface area contributed by atoms with Crippen LogP contribution in [-0.2, 0) is 0 Å². The maximum atomic E-state index is 6.40. The maximum absolute atomic E-state index is 6.40. The van der Waals surface area contributed by atoms with Crippen LogP contribution in [0.4, 0.5) is 17.1 Å². The van der Waals surface area contributed by atoms with Crippen molar-refractivity contribution in [2.24, 2.45) is 0 Å². The summed E-state index contributed by atoms with van der Waals surface area (Å²) in [6.45, 7) is 0. The van der Waals surface area contributed by atoms with Crippen LogP contribution in [0, 0.1) is 0 Å². The van der Waals surface area contributed by atoms with Gasteiger partial charge >= 0.3 is 0 Å². The molecule has 0 saturated heterocycles. The predicted molar refractivity (Wildman–Crippen MR) is 199 cm³/mol. The van der Waals surface area contributed by atoms with E-state index < -0.39 is 0 Å². The minimum atomic E-state index is 0.887. The lowest BCUT2D eigenvalue weighted by Gasteiger charge is -2.34. The van der Waals surface area contributed by atoms with Crippen molar-refractivity contribution in [3.05, 3.63) is 170 Å². The topological polar surface area (TPSA) is 29.3 Å². The minimum absolute atomic E-state index is 0.887. The third-order valence-corrected chi connectivity index (χ3v) is 9.58. The van der Waals surface area contributed by atoms with Gasteiger partial charge in [-0.25, -0.2) is 4.98 Å². The van der Waals surface area contributed by atoms with Crippen molar-refractivity contribution < 1.29 is 4.42 Å². The largest absolute Gasteiger partial charge is 0.456 e. The Morgan fingerprint density at radius 2 is 1.06 bits per heavy atom. The summed E-state index contributed by atoms with van der Waals surface area (Å²) < 4.78 is 6.40. The van der Waals surface area contributed by atoms with Crippen LogP contribution >= 0.6 is 0 Å². The van der Waals surface area contributed by atoms with E-state index in [1.54, 1.807) is 0 Å². The van der Waals surface area contributed by atoms with Crippen LogP contribution in [0.3, 0.4) is 0 Å². The first-order valence-electron chi connectivity index (χ1n) is 16.3. The molecular weight excluding hydrogens is 585 g/mol. The van der Waals surface area contributed by atoms with Gasteiger partial charge in [-0.05, 0) is 70.6 Å². The Morgan fingerprint density at radius 3 is 1.88 bits per heavy atom. The Kier molecular flexibility index (Phi) is 5.87. The van der Waals surface area contributed by atoms with Crippen molar-refractivity contribution in [3.63, 3.8) is 0 Å². The molecule has 48 heavy (non-hydrogen) atoms. The van der Waals surface area contributed by atoms with Crippen molar-refractivity contribution in [2.45, 2.75) is 0 Å². The number of benzene rings is 7. The van der Waals surface area contributed by atoms with Crippen LogP contribution in [0.15, 0.2) is 174 Å². The Balaban J connectivity index is 1.28. The molecule has 3 heterocycles. The summed E-state index contributed by atoms with van der Waals surface area (Å²) in [5, 5.41) is 4.63. The van der Waals surface area contributed by atoms with Crippen molar-refractivity contribution in [2.75, 3.05) is 4.90 Å². The SMILES string of the molecule is c1ccc(-c2cc(-c3ccccc3)nc(-c3ccc4c5c(cccc35)N(c3ccccc3)c3c-4ccc4oc5ccccc5c34)c2)cc1. The molecule has 3 heteroatoms. The molecule has 0 N–H and O–H groups in total. The van der Waals surface area contributed by atoms with Gasteiger partial charge in [0.1, 0.15) is 11.2 Å². The normalized spacial score (nSPS) is 12.1. The zero-order valence-electron chi connectivity index (χ0n) is 26.0. The summed E-state index contributed by atoms with van der Waals surface area (Å²) in [7, 11) is 0. The molecule has 0 atom stereocenters. The second-order valence-electron chi connectivity index (χ2n) is 12.3. The van der Waals surface area contributed by atoms with E-state index in [9.17, 15) is 0 Å². The zero-order chi connectivity index (χ0) is 31.6. The summed E-state index contributed by atoms with van der Waals surface area (Å²) in [6.07, 6.45) is 0. The molecule has 3 nitrogen and oxygen atoms in total. The fraction of sp³-hybridized carbons (Fsp3) is 0. The number of para-hydroxylation sites is 2. The molecule has 1 aliphatic heterocycles. The Morgan fingerprint density at radius 1 is 0.417 bits per heavy atom. The first kappa shape index (κ1) is 26.7. The van der Waals surface area contributed by atoms with Crippen molar-refractivity contribution in [3.8, 4) is 44.8 Å². The summed E-state index contributed by atoms with van der Waals surface area (Å²) >= 11 is 0.